The predicted octanol–water partition coefficient (Wildman–Crippen LogP) is 6.68. The molecule has 2 aliphatic carbocycles. The number of hydrogen-bond acceptors (Lipinski definition) is 8. The van der Waals surface area contributed by atoms with Crippen molar-refractivity contribution in [2.45, 2.75) is 64.2 Å². The van der Waals surface area contributed by atoms with E-state index in [1.807, 2.05) is 24.3 Å². The average molecular weight is 769 g/mol. The van der Waals surface area contributed by atoms with Crippen molar-refractivity contribution < 1.29 is 16.8 Å². The maximum absolute atomic E-state index is 12.3. The van der Waals surface area contributed by atoms with Gasteiger partial charge in [0, 0.05) is 45.6 Å². The molecule has 0 N–H and O–H groups in total. The largest absolute Gasteiger partial charge is 0.272 e. The highest BCUT2D eigenvalue weighted by Crippen LogP contribution is 2.32. The lowest BCUT2D eigenvalue weighted by atomic mass is 9.99. The van der Waals surface area contributed by atoms with Crippen LogP contribution in [0.4, 0.5) is 11.4 Å². The first-order valence-electron chi connectivity index (χ1n) is 14.7. The summed E-state index contributed by atoms with van der Waals surface area (Å²) in [5.74, 6) is -0.215. The Morgan fingerprint density at radius 1 is 0.568 bits per heavy atom. The van der Waals surface area contributed by atoms with Crippen molar-refractivity contribution in [3.8, 4) is 0 Å². The second-order valence-corrected chi connectivity index (χ2v) is 17.1. The highest BCUT2D eigenvalue weighted by atomic mass is 79.9. The van der Waals surface area contributed by atoms with E-state index in [0.29, 0.717) is 22.8 Å². The van der Waals surface area contributed by atoms with Crippen molar-refractivity contribution in [1.82, 2.24) is 0 Å². The van der Waals surface area contributed by atoms with Crippen LogP contribution in [0.25, 0.3) is 0 Å². The molecule has 14 heteroatoms. The topological polar surface area (TPSA) is 124 Å². The van der Waals surface area contributed by atoms with Crippen molar-refractivity contribution in [2.75, 3.05) is 34.2 Å². The van der Waals surface area contributed by atoms with E-state index < -0.39 is 20.0 Å². The Kier molecular flexibility index (Phi) is 10.4. The Bertz CT molecular complexity index is 1630. The van der Waals surface area contributed by atoms with Gasteiger partial charge in [-0.3, -0.25) is 8.61 Å². The van der Waals surface area contributed by atoms with Gasteiger partial charge in [-0.05, 0) is 87.8 Å². The lowest BCUT2D eigenvalue weighted by Gasteiger charge is -2.27. The van der Waals surface area contributed by atoms with Crippen molar-refractivity contribution in [3.63, 3.8) is 0 Å². The molecular weight excluding hydrogens is 732 g/mol. The van der Waals surface area contributed by atoms with E-state index in [4.69, 9.17) is 0 Å². The fourth-order valence-corrected chi connectivity index (χ4v) is 8.71. The van der Waals surface area contributed by atoms with Gasteiger partial charge >= 0.3 is 0 Å². The van der Waals surface area contributed by atoms with Gasteiger partial charge in [-0.15, -0.1) is 0 Å². The van der Waals surface area contributed by atoms with Gasteiger partial charge in [0.2, 0.25) is 20.0 Å². The normalized spacial score (nSPS) is 22.5. The van der Waals surface area contributed by atoms with Crippen molar-refractivity contribution in [3.05, 3.63) is 56.5 Å². The molecule has 4 aliphatic rings. The summed E-state index contributed by atoms with van der Waals surface area (Å²) < 4.78 is 53.5. The molecule has 2 fully saturated rings. The van der Waals surface area contributed by atoms with Crippen LogP contribution in [0.2, 0.25) is 0 Å². The van der Waals surface area contributed by atoms with Crippen LogP contribution in [0.5, 0.6) is 0 Å². The summed E-state index contributed by atoms with van der Waals surface area (Å²) in [5.41, 5.74) is 6.14. The van der Waals surface area contributed by atoms with Gasteiger partial charge < -0.3 is 0 Å². The van der Waals surface area contributed by atoms with Gasteiger partial charge in [-0.1, -0.05) is 44.7 Å². The van der Waals surface area contributed by atoms with Crippen LogP contribution in [0.15, 0.2) is 65.7 Å². The van der Waals surface area contributed by atoms with Crippen molar-refractivity contribution in [2.24, 2.45) is 20.4 Å². The zero-order valence-electron chi connectivity index (χ0n) is 24.8. The lowest BCUT2D eigenvalue weighted by Crippen LogP contribution is -2.38. The van der Waals surface area contributed by atoms with E-state index in [9.17, 15) is 16.8 Å². The SMILES string of the molecule is CN1c2ccc(Br)cc2/C(=N/N=C2CCCCC2)CS1(=O)=O.CN1c2ccc(Br)cc2/C(=N/N=C2CCCCC2)CS1(=O)=O. The zero-order chi connectivity index (χ0) is 31.5. The summed E-state index contributed by atoms with van der Waals surface area (Å²) in [4.78, 5) is 0. The molecule has 0 amide bonds. The molecular formula is C30H36Br2N6O4S2. The molecule has 0 bridgehead atoms. The second-order valence-electron chi connectivity index (χ2n) is 11.3. The number of hydrogen-bond donors (Lipinski definition) is 0. The molecule has 2 heterocycles. The van der Waals surface area contributed by atoms with Crippen LogP contribution >= 0.6 is 31.9 Å². The molecule has 0 spiro atoms. The summed E-state index contributed by atoms with van der Waals surface area (Å²) in [7, 11) is -3.59. The van der Waals surface area contributed by atoms with Crippen molar-refractivity contribution >= 4 is 86.1 Å². The van der Waals surface area contributed by atoms with Gasteiger partial charge in [0.15, 0.2) is 0 Å². The second kappa shape index (κ2) is 13.9. The summed E-state index contributed by atoms with van der Waals surface area (Å²) in [6, 6.07) is 11.1. The molecule has 2 aromatic rings. The first-order valence-corrected chi connectivity index (χ1v) is 19.5. The number of anilines is 2. The summed E-state index contributed by atoms with van der Waals surface area (Å²) >= 11 is 6.87. The average Bonchev–Trinajstić information content (AvgIpc) is 3.01. The first-order chi connectivity index (χ1) is 20.9. The standard InChI is InChI=1S/2C15H18BrN3O2S/c2*1-19-15-8-7-11(16)9-13(15)14(10-22(19,20)21)18-17-12-5-3-2-4-6-12/h2*7-9H,2-6,10H2,1H3/b2*18-14+. The highest BCUT2D eigenvalue weighted by Gasteiger charge is 2.32. The van der Waals surface area contributed by atoms with Gasteiger partial charge in [0.1, 0.15) is 11.5 Å². The molecule has 2 aromatic carbocycles. The third-order valence-corrected chi connectivity index (χ3v) is 12.5. The molecule has 2 saturated carbocycles. The molecule has 2 aliphatic heterocycles. The van der Waals surface area contributed by atoms with Crippen LogP contribution in [0, 0.1) is 0 Å². The minimum Gasteiger partial charge on any atom is -0.272 e. The van der Waals surface area contributed by atoms with Gasteiger partial charge in [0.05, 0.1) is 22.8 Å². The maximum atomic E-state index is 12.3. The van der Waals surface area contributed by atoms with Crippen LogP contribution in [-0.2, 0) is 20.0 Å². The van der Waals surface area contributed by atoms with Crippen LogP contribution in [0.3, 0.4) is 0 Å². The van der Waals surface area contributed by atoms with E-state index >= 15 is 0 Å². The Balaban J connectivity index is 0.000000175. The van der Waals surface area contributed by atoms with E-state index in [1.165, 1.54) is 21.5 Å². The third kappa shape index (κ3) is 7.68. The number of sulfonamides is 2. The molecule has 0 radical (unpaired) electrons. The van der Waals surface area contributed by atoms with Gasteiger partial charge in [-0.2, -0.15) is 20.4 Å². The zero-order valence-corrected chi connectivity index (χ0v) is 29.6. The summed E-state index contributed by atoms with van der Waals surface area (Å²) in [5, 5.41) is 17.3. The number of nitrogens with zero attached hydrogens (tertiary/aromatic N) is 6. The van der Waals surface area contributed by atoms with E-state index in [1.54, 1.807) is 26.2 Å². The van der Waals surface area contributed by atoms with Crippen LogP contribution < -0.4 is 8.61 Å². The Hall–Kier alpha value is -2.42. The van der Waals surface area contributed by atoms with Crippen molar-refractivity contribution in [1.29, 1.82) is 0 Å². The Morgan fingerprint density at radius 2 is 0.932 bits per heavy atom. The molecule has 0 atom stereocenters. The minimum atomic E-state index is -3.37. The van der Waals surface area contributed by atoms with Crippen LogP contribution in [-0.4, -0.2) is 65.3 Å². The molecule has 0 aromatic heterocycles. The molecule has 44 heavy (non-hydrogen) atoms. The van der Waals surface area contributed by atoms with Crippen LogP contribution in [0.1, 0.15) is 75.3 Å². The number of benzene rings is 2. The number of fused-ring (bicyclic) bond motifs is 2. The van der Waals surface area contributed by atoms with Gasteiger partial charge in [0.25, 0.3) is 0 Å². The molecule has 6 rings (SSSR count). The summed E-state index contributed by atoms with van der Waals surface area (Å²) in [6.07, 6.45) is 10.9. The van der Waals surface area contributed by atoms with Gasteiger partial charge in [-0.25, -0.2) is 16.8 Å². The fraction of sp³-hybridized carbons (Fsp3) is 0.467. The third-order valence-electron chi connectivity index (χ3n) is 8.18. The summed E-state index contributed by atoms with van der Waals surface area (Å²) in [6.45, 7) is 0. The van der Waals surface area contributed by atoms with E-state index in [-0.39, 0.29) is 11.5 Å². The lowest BCUT2D eigenvalue weighted by molar-refractivity contribution is 0.595. The van der Waals surface area contributed by atoms with E-state index in [0.717, 1.165) is 82.9 Å². The Morgan fingerprint density at radius 3 is 1.30 bits per heavy atom. The molecule has 0 saturated heterocycles. The number of rotatable bonds is 2. The Labute approximate surface area is 276 Å². The van der Waals surface area contributed by atoms with E-state index in [2.05, 4.69) is 52.3 Å². The molecule has 0 unspecified atom stereocenters. The highest BCUT2D eigenvalue weighted by molar-refractivity contribution is 9.10. The smallest absolute Gasteiger partial charge is 0.240 e. The molecule has 10 nitrogen and oxygen atoms in total. The minimum absolute atomic E-state index is 0.107. The quantitative estimate of drug-likeness (QED) is 0.317. The first kappa shape index (κ1) is 33.0. The maximum Gasteiger partial charge on any atom is 0.240 e. The monoisotopic (exact) mass is 766 g/mol. The predicted molar refractivity (Wildman–Crippen MR) is 187 cm³/mol. The fourth-order valence-electron chi connectivity index (χ4n) is 5.57. The molecule has 236 valence electrons. The number of halogens is 2.